The van der Waals surface area contributed by atoms with Gasteiger partial charge >= 0.3 is 0 Å². The van der Waals surface area contributed by atoms with E-state index in [0.29, 0.717) is 36.6 Å². The van der Waals surface area contributed by atoms with Crippen LogP contribution in [-0.2, 0) is 12.8 Å². The minimum Gasteiger partial charge on any atom is -0.361 e. The lowest BCUT2D eigenvalue weighted by Crippen LogP contribution is -2.40. The molecule has 1 aliphatic heterocycles. The quantitative estimate of drug-likeness (QED) is 0.766. The smallest absolute Gasteiger partial charge is 0.259 e. The molecule has 3 rings (SSSR count). The van der Waals surface area contributed by atoms with Gasteiger partial charge in [0.15, 0.2) is 11.6 Å². The highest BCUT2D eigenvalue weighted by molar-refractivity contribution is 5.94. The van der Waals surface area contributed by atoms with Crippen molar-refractivity contribution in [1.82, 2.24) is 10.1 Å². The number of benzene rings is 1. The summed E-state index contributed by atoms with van der Waals surface area (Å²) in [6.45, 7) is 3.45. The number of aromatic nitrogens is 1. The number of rotatable bonds is 6. The molecule has 0 radical (unpaired) electrons. The Labute approximate surface area is 152 Å². The highest BCUT2D eigenvalue weighted by Crippen LogP contribution is 2.24. The number of halogens is 2. The van der Waals surface area contributed by atoms with E-state index in [1.165, 1.54) is 18.3 Å². The normalized spacial score (nSPS) is 17.5. The van der Waals surface area contributed by atoms with Crippen LogP contribution in [0.15, 0.2) is 28.9 Å². The van der Waals surface area contributed by atoms with E-state index in [1.54, 1.807) is 6.07 Å². The Morgan fingerprint density at radius 2 is 2.15 bits per heavy atom. The van der Waals surface area contributed by atoms with E-state index in [9.17, 15) is 13.6 Å². The molecule has 4 nitrogen and oxygen atoms in total. The van der Waals surface area contributed by atoms with E-state index in [-0.39, 0.29) is 5.91 Å². The average Bonchev–Trinajstić information content (AvgIpc) is 3.11. The van der Waals surface area contributed by atoms with Crippen LogP contribution in [0.5, 0.6) is 0 Å². The van der Waals surface area contributed by atoms with Gasteiger partial charge in [0.05, 0.1) is 6.20 Å². The number of nitrogens with zero attached hydrogens (tertiary/aromatic N) is 2. The summed E-state index contributed by atoms with van der Waals surface area (Å²) in [5.74, 6) is -0.636. The van der Waals surface area contributed by atoms with Crippen molar-refractivity contribution in [2.45, 2.75) is 45.4 Å². The molecule has 26 heavy (non-hydrogen) atoms. The van der Waals surface area contributed by atoms with Crippen LogP contribution in [0, 0.1) is 17.6 Å². The van der Waals surface area contributed by atoms with Crippen LogP contribution in [0.1, 0.15) is 54.3 Å². The second-order valence-electron chi connectivity index (χ2n) is 6.96. The van der Waals surface area contributed by atoms with E-state index in [2.05, 4.69) is 5.16 Å². The fourth-order valence-corrected chi connectivity index (χ4v) is 3.57. The topological polar surface area (TPSA) is 46.3 Å². The predicted octanol–water partition coefficient (Wildman–Crippen LogP) is 4.39. The third kappa shape index (κ3) is 4.29. The zero-order chi connectivity index (χ0) is 18.5. The van der Waals surface area contributed by atoms with Crippen LogP contribution in [0.2, 0.25) is 0 Å². The number of piperidine rings is 1. The van der Waals surface area contributed by atoms with E-state index in [4.69, 9.17) is 4.52 Å². The van der Waals surface area contributed by atoms with Crippen molar-refractivity contribution in [2.24, 2.45) is 5.92 Å². The maximum Gasteiger partial charge on any atom is 0.259 e. The van der Waals surface area contributed by atoms with E-state index >= 15 is 0 Å². The van der Waals surface area contributed by atoms with Crippen LogP contribution in [0.3, 0.4) is 0 Å². The first-order valence-corrected chi connectivity index (χ1v) is 9.25. The van der Waals surface area contributed by atoms with Crippen molar-refractivity contribution in [3.63, 3.8) is 0 Å². The standard InChI is InChI=1S/C20H24F2N2O2/c1-2-4-19-16(12-23-26-19)20(25)24-10-3-5-15(13-24)7-6-14-8-9-17(21)18(22)11-14/h8-9,11-12,15H,2-7,10,13H2,1H3/t15-/m1/s1. The van der Waals surface area contributed by atoms with Crippen LogP contribution in [-0.4, -0.2) is 29.1 Å². The van der Waals surface area contributed by atoms with Gasteiger partial charge in [0.2, 0.25) is 0 Å². The van der Waals surface area contributed by atoms with Gasteiger partial charge in [0.1, 0.15) is 11.3 Å². The number of amides is 1. The van der Waals surface area contributed by atoms with Gasteiger partial charge in [-0.3, -0.25) is 4.79 Å². The highest BCUT2D eigenvalue weighted by Gasteiger charge is 2.27. The van der Waals surface area contributed by atoms with Gasteiger partial charge in [-0.25, -0.2) is 8.78 Å². The van der Waals surface area contributed by atoms with Gasteiger partial charge in [-0.1, -0.05) is 18.1 Å². The van der Waals surface area contributed by atoms with Gasteiger partial charge in [0, 0.05) is 19.5 Å². The van der Waals surface area contributed by atoms with Crippen molar-refractivity contribution < 1.29 is 18.1 Å². The Morgan fingerprint density at radius 3 is 2.92 bits per heavy atom. The third-order valence-corrected chi connectivity index (χ3v) is 4.98. The molecule has 1 atom stereocenters. The summed E-state index contributed by atoms with van der Waals surface area (Å²) in [7, 11) is 0. The van der Waals surface area contributed by atoms with Gasteiger partial charge in [0.25, 0.3) is 5.91 Å². The largest absolute Gasteiger partial charge is 0.361 e. The van der Waals surface area contributed by atoms with Crippen molar-refractivity contribution in [3.8, 4) is 0 Å². The second-order valence-corrected chi connectivity index (χ2v) is 6.96. The summed E-state index contributed by atoms with van der Waals surface area (Å²) in [5, 5.41) is 3.78. The molecular weight excluding hydrogens is 338 g/mol. The lowest BCUT2D eigenvalue weighted by molar-refractivity contribution is 0.0666. The molecule has 1 saturated heterocycles. The van der Waals surface area contributed by atoms with Crippen LogP contribution < -0.4 is 0 Å². The first-order valence-electron chi connectivity index (χ1n) is 9.25. The van der Waals surface area contributed by atoms with Crippen LogP contribution >= 0.6 is 0 Å². The van der Waals surface area contributed by atoms with E-state index in [0.717, 1.165) is 37.8 Å². The molecule has 6 heteroatoms. The van der Waals surface area contributed by atoms with Gasteiger partial charge < -0.3 is 9.42 Å². The second kappa shape index (κ2) is 8.43. The number of likely N-dealkylation sites (tertiary alicyclic amines) is 1. The highest BCUT2D eigenvalue weighted by atomic mass is 19.2. The van der Waals surface area contributed by atoms with Crippen molar-refractivity contribution >= 4 is 5.91 Å². The predicted molar refractivity (Wildman–Crippen MR) is 93.8 cm³/mol. The van der Waals surface area contributed by atoms with Gasteiger partial charge in [-0.05, 0) is 55.7 Å². The molecule has 1 fully saturated rings. The molecular formula is C20H24F2N2O2. The molecule has 0 saturated carbocycles. The molecule has 0 aliphatic carbocycles. The molecule has 1 aromatic carbocycles. The third-order valence-electron chi connectivity index (χ3n) is 4.98. The summed E-state index contributed by atoms with van der Waals surface area (Å²) in [6.07, 6.45) is 6.62. The van der Waals surface area contributed by atoms with Crippen molar-refractivity contribution in [1.29, 1.82) is 0 Å². The molecule has 0 bridgehead atoms. The number of aryl methyl sites for hydroxylation is 2. The number of carbonyl (C=O) groups excluding carboxylic acids is 1. The molecule has 1 aromatic heterocycles. The first-order chi connectivity index (χ1) is 12.6. The van der Waals surface area contributed by atoms with E-state index < -0.39 is 11.6 Å². The Bertz CT molecular complexity index is 760. The summed E-state index contributed by atoms with van der Waals surface area (Å²) < 4.78 is 31.6. The molecule has 0 unspecified atom stereocenters. The van der Waals surface area contributed by atoms with Crippen molar-refractivity contribution in [3.05, 3.63) is 52.9 Å². The average molecular weight is 362 g/mol. The summed E-state index contributed by atoms with van der Waals surface area (Å²) in [6, 6.07) is 4.05. The Morgan fingerprint density at radius 1 is 1.31 bits per heavy atom. The first kappa shape index (κ1) is 18.5. The van der Waals surface area contributed by atoms with Crippen LogP contribution in [0.4, 0.5) is 8.78 Å². The van der Waals surface area contributed by atoms with Crippen molar-refractivity contribution in [2.75, 3.05) is 13.1 Å². The molecule has 140 valence electrons. The Hall–Kier alpha value is -2.24. The Balaban J connectivity index is 1.59. The number of carbonyl (C=O) groups is 1. The molecule has 0 N–H and O–H groups in total. The monoisotopic (exact) mass is 362 g/mol. The fraction of sp³-hybridized carbons (Fsp3) is 0.500. The molecule has 2 heterocycles. The van der Waals surface area contributed by atoms with Gasteiger partial charge in [-0.15, -0.1) is 0 Å². The maximum absolute atomic E-state index is 13.3. The van der Waals surface area contributed by atoms with Crippen LogP contribution in [0.25, 0.3) is 0 Å². The lowest BCUT2D eigenvalue weighted by atomic mass is 9.91. The Kier molecular flexibility index (Phi) is 6.01. The number of hydrogen-bond donors (Lipinski definition) is 0. The minimum absolute atomic E-state index is 0.0211. The summed E-state index contributed by atoms with van der Waals surface area (Å²) in [4.78, 5) is 14.7. The lowest BCUT2D eigenvalue weighted by Gasteiger charge is -2.32. The molecule has 0 spiro atoms. The SMILES string of the molecule is CCCc1oncc1C(=O)N1CCC[C@H](CCc2ccc(F)c(F)c2)C1. The van der Waals surface area contributed by atoms with Gasteiger partial charge in [-0.2, -0.15) is 0 Å². The van der Waals surface area contributed by atoms with E-state index in [1.807, 2.05) is 11.8 Å². The fourth-order valence-electron chi connectivity index (χ4n) is 3.57. The molecule has 1 amide bonds. The minimum atomic E-state index is -0.820. The zero-order valence-corrected chi connectivity index (χ0v) is 15.0. The molecule has 1 aliphatic rings. The zero-order valence-electron chi connectivity index (χ0n) is 15.0. The maximum atomic E-state index is 13.3. The number of hydrogen-bond acceptors (Lipinski definition) is 3. The summed E-state index contributed by atoms with van der Waals surface area (Å²) in [5.41, 5.74) is 1.35. The summed E-state index contributed by atoms with van der Waals surface area (Å²) >= 11 is 0. The molecule has 2 aromatic rings.